The highest BCUT2D eigenvalue weighted by atomic mass is 35.5. The van der Waals surface area contributed by atoms with Crippen LogP contribution in [0.25, 0.3) is 10.8 Å². The summed E-state index contributed by atoms with van der Waals surface area (Å²) >= 11 is 6.50. The molecule has 34 heavy (non-hydrogen) atoms. The van der Waals surface area contributed by atoms with E-state index in [2.05, 4.69) is 53.1 Å². The fraction of sp³-hybridized carbons (Fsp3) is 0.429. The third-order valence-electron chi connectivity index (χ3n) is 6.85. The van der Waals surface area contributed by atoms with Crippen molar-refractivity contribution in [3.8, 4) is 5.75 Å². The Bertz CT molecular complexity index is 1040. The van der Waals surface area contributed by atoms with Crippen molar-refractivity contribution in [2.75, 3.05) is 33.3 Å². The average Bonchev–Trinajstić information content (AvgIpc) is 2.86. The van der Waals surface area contributed by atoms with Crippen LogP contribution in [0, 0.1) is 0 Å². The number of ether oxygens (including phenoxy) is 1. The highest BCUT2D eigenvalue weighted by molar-refractivity contribution is 6.37. The molecule has 0 spiro atoms. The van der Waals surface area contributed by atoms with Crippen LogP contribution in [0.2, 0.25) is 5.02 Å². The van der Waals surface area contributed by atoms with Crippen LogP contribution in [0.3, 0.4) is 0 Å². The summed E-state index contributed by atoms with van der Waals surface area (Å²) in [5.41, 5.74) is 2.32. The largest absolute Gasteiger partial charge is 0.495 e. The van der Waals surface area contributed by atoms with Crippen LogP contribution < -0.4 is 4.74 Å². The zero-order valence-corrected chi connectivity index (χ0v) is 21.7. The third kappa shape index (κ3) is 6.24. The van der Waals surface area contributed by atoms with Gasteiger partial charge in [0, 0.05) is 44.2 Å². The summed E-state index contributed by atoms with van der Waals surface area (Å²) in [6.07, 6.45) is 2.72. The van der Waals surface area contributed by atoms with E-state index in [-0.39, 0.29) is 18.4 Å². The molecule has 2 unspecified atom stereocenters. The molecule has 3 aromatic rings. The van der Waals surface area contributed by atoms with Crippen LogP contribution in [-0.4, -0.2) is 54.2 Å². The Balaban J connectivity index is 0.00000324. The van der Waals surface area contributed by atoms with Gasteiger partial charge in [0.05, 0.1) is 18.2 Å². The monoisotopic (exact) mass is 502 g/mol. The zero-order valence-electron chi connectivity index (χ0n) is 20.1. The standard InChI is InChI=1S/C28H35ClN2O2.ClH/c1-3-4-10-25(31-17-15-30(16-18-31)20-21-8-6-5-7-9-21)28(32)23-11-13-24-22(19-23)12-14-26(33-2)27(24)29;/h5-9,11-14,19,25,28,32H,3-4,10,15-18,20H2,1-2H3;1H. The van der Waals surface area contributed by atoms with Crippen LogP contribution in [0.15, 0.2) is 60.7 Å². The van der Waals surface area contributed by atoms with Crippen molar-refractivity contribution in [2.45, 2.75) is 44.9 Å². The molecule has 0 aromatic heterocycles. The molecule has 1 fully saturated rings. The quantitative estimate of drug-likeness (QED) is 0.370. The maximum atomic E-state index is 11.5. The van der Waals surface area contributed by atoms with Crippen molar-refractivity contribution >= 4 is 34.8 Å². The number of unbranched alkanes of at least 4 members (excludes halogenated alkanes) is 1. The number of nitrogens with zero attached hydrogens (tertiary/aromatic N) is 2. The summed E-state index contributed by atoms with van der Waals surface area (Å²) in [4.78, 5) is 5.01. The average molecular weight is 504 g/mol. The van der Waals surface area contributed by atoms with Gasteiger partial charge in [-0.3, -0.25) is 9.80 Å². The second kappa shape index (κ2) is 12.8. The number of methoxy groups -OCH3 is 1. The van der Waals surface area contributed by atoms with Gasteiger partial charge < -0.3 is 9.84 Å². The molecule has 1 aliphatic rings. The minimum absolute atomic E-state index is 0. The summed E-state index contributed by atoms with van der Waals surface area (Å²) in [6.45, 7) is 7.22. The lowest BCUT2D eigenvalue weighted by molar-refractivity contribution is 0.0113. The lowest BCUT2D eigenvalue weighted by Crippen LogP contribution is -2.51. The zero-order chi connectivity index (χ0) is 23.2. The van der Waals surface area contributed by atoms with Gasteiger partial charge >= 0.3 is 0 Å². The van der Waals surface area contributed by atoms with E-state index in [1.807, 2.05) is 24.3 Å². The van der Waals surface area contributed by atoms with Gasteiger partial charge in [0.2, 0.25) is 0 Å². The van der Waals surface area contributed by atoms with E-state index >= 15 is 0 Å². The van der Waals surface area contributed by atoms with Gasteiger partial charge in [-0.1, -0.05) is 79.9 Å². The molecular formula is C28H36Cl2N2O2. The van der Waals surface area contributed by atoms with E-state index in [0.717, 1.165) is 68.3 Å². The van der Waals surface area contributed by atoms with Gasteiger partial charge in [-0.2, -0.15) is 0 Å². The molecule has 0 saturated carbocycles. The Morgan fingerprint density at radius 2 is 1.74 bits per heavy atom. The van der Waals surface area contributed by atoms with Crippen LogP contribution in [0.4, 0.5) is 0 Å². The number of piperazine rings is 1. The number of halogens is 2. The highest BCUT2D eigenvalue weighted by Crippen LogP contribution is 2.35. The maximum absolute atomic E-state index is 11.5. The van der Waals surface area contributed by atoms with Crippen molar-refractivity contribution < 1.29 is 9.84 Å². The smallest absolute Gasteiger partial charge is 0.138 e. The van der Waals surface area contributed by atoms with Gasteiger partial charge in [0.15, 0.2) is 0 Å². The molecule has 0 amide bonds. The summed E-state index contributed by atoms with van der Waals surface area (Å²) in [5.74, 6) is 0.673. The molecule has 0 bridgehead atoms. The second-order valence-electron chi connectivity index (χ2n) is 9.01. The topological polar surface area (TPSA) is 35.9 Å². The highest BCUT2D eigenvalue weighted by Gasteiger charge is 2.30. The normalized spacial score (nSPS) is 16.7. The van der Waals surface area contributed by atoms with Crippen LogP contribution in [0.1, 0.15) is 43.4 Å². The summed E-state index contributed by atoms with van der Waals surface area (Å²) < 4.78 is 5.35. The first-order chi connectivity index (χ1) is 16.1. The Hall–Kier alpha value is -1.82. The summed E-state index contributed by atoms with van der Waals surface area (Å²) in [6, 6.07) is 20.8. The molecule has 1 aliphatic heterocycles. The number of aliphatic hydroxyl groups excluding tert-OH is 1. The molecule has 4 rings (SSSR count). The number of aliphatic hydroxyl groups is 1. The molecule has 1 heterocycles. The van der Waals surface area contributed by atoms with Gasteiger partial charge in [-0.05, 0) is 35.1 Å². The number of hydrogen-bond acceptors (Lipinski definition) is 4. The first-order valence-corrected chi connectivity index (χ1v) is 12.4. The van der Waals surface area contributed by atoms with E-state index in [1.54, 1.807) is 7.11 Å². The fourth-order valence-corrected chi connectivity index (χ4v) is 5.21. The Kier molecular flexibility index (Phi) is 10.0. The lowest BCUT2D eigenvalue weighted by atomic mass is 9.94. The molecule has 6 heteroatoms. The SMILES string of the molecule is CCCCC(C(O)c1ccc2c(Cl)c(OC)ccc2c1)N1CCN(Cc2ccccc2)CC1.Cl. The van der Waals surface area contributed by atoms with E-state index in [9.17, 15) is 5.11 Å². The van der Waals surface area contributed by atoms with Crippen molar-refractivity contribution in [1.82, 2.24) is 9.80 Å². The molecule has 4 nitrogen and oxygen atoms in total. The Labute approximate surface area is 214 Å². The molecule has 3 aromatic carbocycles. The molecule has 184 valence electrons. The van der Waals surface area contributed by atoms with Crippen LogP contribution in [0.5, 0.6) is 5.75 Å². The molecule has 0 radical (unpaired) electrons. The summed E-state index contributed by atoms with van der Waals surface area (Å²) in [5, 5.41) is 14.1. The van der Waals surface area contributed by atoms with Crippen molar-refractivity contribution in [3.05, 3.63) is 76.8 Å². The van der Waals surface area contributed by atoms with Gasteiger partial charge in [0.1, 0.15) is 5.75 Å². The van der Waals surface area contributed by atoms with E-state index in [0.29, 0.717) is 10.8 Å². The van der Waals surface area contributed by atoms with Crippen molar-refractivity contribution in [2.24, 2.45) is 0 Å². The Morgan fingerprint density at radius 1 is 1.00 bits per heavy atom. The molecule has 1 N–H and O–H groups in total. The van der Waals surface area contributed by atoms with Crippen LogP contribution in [-0.2, 0) is 6.54 Å². The number of hydrogen-bond donors (Lipinski definition) is 1. The number of benzene rings is 3. The van der Waals surface area contributed by atoms with Gasteiger partial charge in [-0.15, -0.1) is 12.4 Å². The molecule has 1 saturated heterocycles. The van der Waals surface area contributed by atoms with Crippen molar-refractivity contribution in [3.63, 3.8) is 0 Å². The molecular weight excluding hydrogens is 467 g/mol. The number of rotatable bonds is 9. The van der Waals surface area contributed by atoms with Crippen molar-refractivity contribution in [1.29, 1.82) is 0 Å². The first-order valence-electron chi connectivity index (χ1n) is 12.0. The lowest BCUT2D eigenvalue weighted by Gasteiger charge is -2.41. The number of fused-ring (bicyclic) bond motifs is 1. The predicted molar refractivity (Wildman–Crippen MR) is 144 cm³/mol. The van der Waals surface area contributed by atoms with Gasteiger partial charge in [0.25, 0.3) is 0 Å². The minimum Gasteiger partial charge on any atom is -0.495 e. The first kappa shape index (κ1) is 26.8. The Morgan fingerprint density at radius 3 is 2.41 bits per heavy atom. The van der Waals surface area contributed by atoms with Gasteiger partial charge in [-0.25, -0.2) is 0 Å². The fourth-order valence-electron chi connectivity index (χ4n) is 4.90. The molecule has 0 aliphatic carbocycles. The third-order valence-corrected chi connectivity index (χ3v) is 7.24. The summed E-state index contributed by atoms with van der Waals surface area (Å²) in [7, 11) is 1.63. The second-order valence-corrected chi connectivity index (χ2v) is 9.39. The van der Waals surface area contributed by atoms with E-state index in [4.69, 9.17) is 16.3 Å². The maximum Gasteiger partial charge on any atom is 0.138 e. The van der Waals surface area contributed by atoms with Crippen LogP contribution >= 0.6 is 24.0 Å². The van der Waals surface area contributed by atoms with E-state index < -0.39 is 6.10 Å². The van der Waals surface area contributed by atoms with E-state index in [1.165, 1.54) is 5.56 Å². The molecule has 2 atom stereocenters. The predicted octanol–water partition coefficient (Wildman–Crippen LogP) is 6.33. The minimum atomic E-state index is -0.525.